The average Bonchev–Trinajstić information content (AvgIpc) is 3.09. The van der Waals surface area contributed by atoms with Crippen LogP contribution >= 0.6 is 11.8 Å². The Bertz CT molecular complexity index is 562. The summed E-state index contributed by atoms with van der Waals surface area (Å²) in [7, 11) is 0. The zero-order valence-corrected chi connectivity index (χ0v) is 12.5. The van der Waals surface area contributed by atoms with Crippen molar-refractivity contribution >= 4 is 11.8 Å². The van der Waals surface area contributed by atoms with Crippen LogP contribution in [-0.2, 0) is 0 Å². The lowest BCUT2D eigenvalue weighted by Crippen LogP contribution is -2.04. The van der Waals surface area contributed by atoms with Crippen LogP contribution in [0.4, 0.5) is 0 Å². The molecular formula is C13H18N4O2S. The Morgan fingerprint density at radius 2 is 2.00 bits per heavy atom. The van der Waals surface area contributed by atoms with Gasteiger partial charge in [-0.3, -0.25) is 0 Å². The summed E-state index contributed by atoms with van der Waals surface area (Å²) in [6.45, 7) is 3.79. The zero-order chi connectivity index (χ0) is 13.9. The van der Waals surface area contributed by atoms with Crippen LogP contribution in [0.5, 0.6) is 0 Å². The second-order valence-electron chi connectivity index (χ2n) is 5.18. The van der Waals surface area contributed by atoms with Crippen molar-refractivity contribution in [2.24, 2.45) is 0 Å². The molecule has 1 aliphatic carbocycles. The highest BCUT2D eigenvalue weighted by Crippen LogP contribution is 2.36. The molecule has 0 aromatic carbocycles. The molecule has 0 amide bonds. The maximum absolute atomic E-state index is 5.77. The second-order valence-corrected chi connectivity index (χ2v) is 6.47. The maximum Gasteiger partial charge on any atom is 0.277 e. The lowest BCUT2D eigenvalue weighted by atomic mass is 9.89. The highest BCUT2D eigenvalue weighted by molar-refractivity contribution is 7.99. The van der Waals surface area contributed by atoms with E-state index in [1.54, 1.807) is 6.92 Å². The number of aryl methyl sites for hydroxylation is 1. The summed E-state index contributed by atoms with van der Waals surface area (Å²) in [5.74, 6) is 2.44. The van der Waals surface area contributed by atoms with Crippen molar-refractivity contribution < 1.29 is 8.94 Å². The van der Waals surface area contributed by atoms with Crippen LogP contribution in [0.3, 0.4) is 0 Å². The van der Waals surface area contributed by atoms with Gasteiger partial charge in [0.15, 0.2) is 5.82 Å². The first-order valence-corrected chi connectivity index (χ1v) is 7.90. The molecule has 0 N–H and O–H groups in total. The van der Waals surface area contributed by atoms with Gasteiger partial charge in [-0.15, -0.1) is 10.2 Å². The highest BCUT2D eigenvalue weighted by Gasteiger charge is 2.23. The monoisotopic (exact) mass is 294 g/mol. The number of nitrogens with zero attached hydrogens (tertiary/aromatic N) is 4. The van der Waals surface area contributed by atoms with E-state index in [0.717, 1.165) is 18.7 Å². The van der Waals surface area contributed by atoms with E-state index in [4.69, 9.17) is 8.94 Å². The molecule has 7 heteroatoms. The van der Waals surface area contributed by atoms with Gasteiger partial charge < -0.3 is 8.94 Å². The molecule has 2 aromatic rings. The fourth-order valence-corrected chi connectivity index (χ4v) is 3.18. The van der Waals surface area contributed by atoms with E-state index in [0.29, 0.717) is 22.9 Å². The van der Waals surface area contributed by atoms with Crippen molar-refractivity contribution in [3.8, 4) is 0 Å². The Morgan fingerprint density at radius 1 is 1.20 bits per heavy atom. The van der Waals surface area contributed by atoms with E-state index < -0.39 is 0 Å². The maximum atomic E-state index is 5.77. The zero-order valence-electron chi connectivity index (χ0n) is 11.7. The van der Waals surface area contributed by atoms with Gasteiger partial charge in [0.1, 0.15) is 0 Å². The molecule has 2 aromatic heterocycles. The lowest BCUT2D eigenvalue weighted by molar-refractivity contribution is 0.333. The molecule has 1 fully saturated rings. The van der Waals surface area contributed by atoms with Crippen molar-refractivity contribution in [3.05, 3.63) is 17.6 Å². The summed E-state index contributed by atoms with van der Waals surface area (Å²) >= 11 is 1.46. The van der Waals surface area contributed by atoms with E-state index in [1.807, 2.05) is 6.92 Å². The van der Waals surface area contributed by atoms with Crippen LogP contribution < -0.4 is 0 Å². The molecule has 108 valence electrons. The summed E-state index contributed by atoms with van der Waals surface area (Å²) in [6.07, 6.45) is 6.15. The smallest absolute Gasteiger partial charge is 0.277 e. The fourth-order valence-electron chi connectivity index (χ4n) is 2.46. The highest BCUT2D eigenvalue weighted by atomic mass is 32.2. The molecule has 1 atom stereocenters. The standard InChI is InChI=1S/C13H18N4O2S/c1-8(11-14-9(2)17-19-11)20-13-16-15-12(18-13)10-6-4-3-5-7-10/h8,10H,3-7H2,1-2H3. The number of aromatic nitrogens is 4. The van der Waals surface area contributed by atoms with Crippen molar-refractivity contribution in [2.75, 3.05) is 0 Å². The predicted octanol–water partition coefficient (Wildman–Crippen LogP) is 3.66. The Hall–Kier alpha value is -1.37. The molecule has 20 heavy (non-hydrogen) atoms. The summed E-state index contributed by atoms with van der Waals surface area (Å²) in [5, 5.41) is 12.7. The minimum Gasteiger partial charge on any atom is -0.416 e. The molecule has 6 nitrogen and oxygen atoms in total. The van der Waals surface area contributed by atoms with Crippen LogP contribution in [0.15, 0.2) is 14.2 Å². The van der Waals surface area contributed by atoms with Gasteiger partial charge >= 0.3 is 0 Å². The third-order valence-electron chi connectivity index (χ3n) is 3.55. The Kier molecular flexibility index (Phi) is 4.05. The SMILES string of the molecule is Cc1noc(C(C)Sc2nnc(C3CCCCC3)o2)n1. The Labute approximate surface area is 121 Å². The second kappa shape index (κ2) is 5.95. The van der Waals surface area contributed by atoms with Crippen molar-refractivity contribution in [1.82, 2.24) is 20.3 Å². The molecule has 0 aliphatic heterocycles. The van der Waals surface area contributed by atoms with Crippen LogP contribution in [-0.4, -0.2) is 20.3 Å². The number of hydrogen-bond donors (Lipinski definition) is 0. The van der Waals surface area contributed by atoms with Gasteiger partial charge in [-0.2, -0.15) is 4.98 Å². The first kappa shape index (κ1) is 13.6. The number of rotatable bonds is 4. The minimum absolute atomic E-state index is 0.0101. The van der Waals surface area contributed by atoms with Gasteiger partial charge in [0.2, 0.25) is 11.8 Å². The number of hydrogen-bond acceptors (Lipinski definition) is 7. The van der Waals surface area contributed by atoms with E-state index in [2.05, 4.69) is 20.3 Å². The predicted molar refractivity (Wildman–Crippen MR) is 73.4 cm³/mol. The molecule has 0 saturated heterocycles. The number of thioether (sulfide) groups is 1. The summed E-state index contributed by atoms with van der Waals surface area (Å²) in [5.41, 5.74) is 0. The van der Waals surface area contributed by atoms with E-state index >= 15 is 0 Å². The first-order valence-electron chi connectivity index (χ1n) is 7.02. The van der Waals surface area contributed by atoms with Gasteiger partial charge in [-0.05, 0) is 26.7 Å². The van der Waals surface area contributed by atoms with Crippen LogP contribution in [0.25, 0.3) is 0 Å². The van der Waals surface area contributed by atoms with Gasteiger partial charge in [0.05, 0.1) is 5.25 Å². The Morgan fingerprint density at radius 3 is 2.70 bits per heavy atom. The van der Waals surface area contributed by atoms with Gasteiger partial charge in [-0.25, -0.2) is 0 Å². The lowest BCUT2D eigenvalue weighted by Gasteiger charge is -2.17. The van der Waals surface area contributed by atoms with Crippen molar-refractivity contribution in [1.29, 1.82) is 0 Å². The first-order chi connectivity index (χ1) is 9.72. The molecule has 0 radical (unpaired) electrons. The molecule has 2 heterocycles. The molecule has 1 saturated carbocycles. The van der Waals surface area contributed by atoms with Crippen molar-refractivity contribution in [3.63, 3.8) is 0 Å². The molecular weight excluding hydrogens is 276 g/mol. The third kappa shape index (κ3) is 3.03. The van der Waals surface area contributed by atoms with Crippen LogP contribution in [0.2, 0.25) is 0 Å². The van der Waals surface area contributed by atoms with Crippen LogP contribution in [0, 0.1) is 6.92 Å². The van der Waals surface area contributed by atoms with Crippen LogP contribution in [0.1, 0.15) is 67.8 Å². The summed E-state index contributed by atoms with van der Waals surface area (Å²) < 4.78 is 10.9. The summed E-state index contributed by atoms with van der Waals surface area (Å²) in [4.78, 5) is 4.21. The van der Waals surface area contributed by atoms with Gasteiger partial charge in [0, 0.05) is 5.92 Å². The van der Waals surface area contributed by atoms with E-state index in [9.17, 15) is 0 Å². The van der Waals surface area contributed by atoms with Gasteiger partial charge in [0.25, 0.3) is 5.22 Å². The molecule has 3 rings (SSSR count). The van der Waals surface area contributed by atoms with E-state index in [-0.39, 0.29) is 5.25 Å². The normalized spacial score (nSPS) is 18.3. The average molecular weight is 294 g/mol. The summed E-state index contributed by atoms with van der Waals surface area (Å²) in [6, 6.07) is 0. The molecule has 1 aliphatic rings. The fraction of sp³-hybridized carbons (Fsp3) is 0.692. The Balaban J connectivity index is 1.64. The largest absolute Gasteiger partial charge is 0.416 e. The topological polar surface area (TPSA) is 77.8 Å². The minimum atomic E-state index is 0.0101. The third-order valence-corrected chi connectivity index (χ3v) is 4.47. The molecule has 0 spiro atoms. The molecule has 0 bridgehead atoms. The quantitative estimate of drug-likeness (QED) is 0.796. The van der Waals surface area contributed by atoms with E-state index in [1.165, 1.54) is 31.0 Å². The van der Waals surface area contributed by atoms with Crippen molar-refractivity contribution in [2.45, 2.75) is 62.3 Å². The van der Waals surface area contributed by atoms with Gasteiger partial charge in [-0.1, -0.05) is 36.2 Å². The molecule has 1 unspecified atom stereocenters.